The number of carbonyl (C=O) groups is 1. The molecule has 1 fully saturated rings. The molecular formula is C6H10O5. The van der Waals surface area contributed by atoms with Gasteiger partial charge >= 0.3 is 5.97 Å². The summed E-state index contributed by atoms with van der Waals surface area (Å²) in [5.41, 5.74) is -1.91. The second-order valence-electron chi connectivity index (χ2n) is 2.65. The van der Waals surface area contributed by atoms with Gasteiger partial charge in [0.15, 0.2) is 5.60 Å². The maximum atomic E-state index is 10.7. The standard InChI is InChI=1S/C6H10O5/c7-3-6(10)1-4(8)2-11-5(6)9/h4,7-8,10H,1-3H2. The van der Waals surface area contributed by atoms with Crippen LogP contribution >= 0.6 is 0 Å². The third-order valence-corrected chi connectivity index (χ3v) is 1.62. The van der Waals surface area contributed by atoms with E-state index in [1.807, 2.05) is 0 Å². The highest BCUT2D eigenvalue weighted by molar-refractivity contribution is 5.80. The molecule has 1 heterocycles. The lowest BCUT2D eigenvalue weighted by molar-refractivity contribution is -0.189. The topological polar surface area (TPSA) is 87.0 Å². The Morgan fingerprint density at radius 3 is 2.82 bits per heavy atom. The van der Waals surface area contributed by atoms with Crippen LogP contribution in [-0.2, 0) is 9.53 Å². The maximum Gasteiger partial charge on any atom is 0.340 e. The Bertz CT molecular complexity index is 168. The molecule has 3 N–H and O–H groups in total. The maximum absolute atomic E-state index is 10.7. The number of aliphatic hydroxyl groups is 3. The van der Waals surface area contributed by atoms with Crippen molar-refractivity contribution in [1.82, 2.24) is 0 Å². The van der Waals surface area contributed by atoms with Crippen LogP contribution in [0.4, 0.5) is 0 Å². The number of rotatable bonds is 1. The predicted molar refractivity (Wildman–Crippen MR) is 33.6 cm³/mol. The van der Waals surface area contributed by atoms with Gasteiger partial charge in [0.1, 0.15) is 6.61 Å². The molecule has 0 aromatic heterocycles. The van der Waals surface area contributed by atoms with Crippen molar-refractivity contribution in [2.24, 2.45) is 0 Å². The average Bonchev–Trinajstić information content (AvgIpc) is 1.98. The molecule has 0 aromatic rings. The van der Waals surface area contributed by atoms with Gasteiger partial charge in [-0.25, -0.2) is 4.79 Å². The number of hydrogen-bond acceptors (Lipinski definition) is 5. The lowest BCUT2D eigenvalue weighted by atomic mass is 9.95. The minimum atomic E-state index is -1.91. The minimum Gasteiger partial charge on any atom is -0.461 e. The summed E-state index contributed by atoms with van der Waals surface area (Å²) in [7, 11) is 0. The smallest absolute Gasteiger partial charge is 0.340 e. The highest BCUT2D eigenvalue weighted by Gasteiger charge is 2.43. The van der Waals surface area contributed by atoms with Gasteiger partial charge in [-0.3, -0.25) is 0 Å². The first-order chi connectivity index (χ1) is 5.08. The van der Waals surface area contributed by atoms with E-state index >= 15 is 0 Å². The molecule has 0 saturated carbocycles. The quantitative estimate of drug-likeness (QED) is 0.389. The van der Waals surface area contributed by atoms with Gasteiger partial charge in [0.05, 0.1) is 12.7 Å². The van der Waals surface area contributed by atoms with Gasteiger partial charge in [0.2, 0.25) is 0 Å². The predicted octanol–water partition coefficient (Wildman–Crippen LogP) is -1.98. The Morgan fingerprint density at radius 1 is 1.73 bits per heavy atom. The molecule has 2 atom stereocenters. The summed E-state index contributed by atoms with van der Waals surface area (Å²) in [5.74, 6) is -0.870. The minimum absolute atomic E-state index is 0.110. The first-order valence-electron chi connectivity index (χ1n) is 3.27. The zero-order valence-electron chi connectivity index (χ0n) is 5.86. The van der Waals surface area contributed by atoms with Crippen molar-refractivity contribution in [3.05, 3.63) is 0 Å². The molecule has 5 nitrogen and oxygen atoms in total. The fraction of sp³-hybridized carbons (Fsp3) is 0.833. The Balaban J connectivity index is 2.68. The normalized spacial score (nSPS) is 38.5. The number of hydrogen-bond donors (Lipinski definition) is 3. The zero-order valence-corrected chi connectivity index (χ0v) is 5.86. The van der Waals surface area contributed by atoms with E-state index in [9.17, 15) is 9.90 Å². The number of ether oxygens (including phenoxy) is 1. The molecule has 5 heteroatoms. The Hall–Kier alpha value is -0.650. The SMILES string of the molecule is O=C1OCC(O)CC1(O)CO. The third kappa shape index (κ3) is 1.50. The number of carbonyl (C=O) groups excluding carboxylic acids is 1. The van der Waals surface area contributed by atoms with Crippen LogP contribution in [0.1, 0.15) is 6.42 Å². The third-order valence-electron chi connectivity index (χ3n) is 1.62. The van der Waals surface area contributed by atoms with Crippen molar-refractivity contribution >= 4 is 5.97 Å². The Labute approximate surface area is 63.2 Å². The van der Waals surface area contributed by atoms with Crippen molar-refractivity contribution < 1.29 is 24.9 Å². The van der Waals surface area contributed by atoms with E-state index in [0.717, 1.165) is 0 Å². The van der Waals surface area contributed by atoms with E-state index in [0.29, 0.717) is 0 Å². The van der Waals surface area contributed by atoms with Crippen LogP contribution in [0.15, 0.2) is 0 Å². The molecule has 1 rings (SSSR count). The first kappa shape index (κ1) is 8.45. The largest absolute Gasteiger partial charge is 0.461 e. The van der Waals surface area contributed by atoms with Crippen molar-refractivity contribution in [2.75, 3.05) is 13.2 Å². The highest BCUT2D eigenvalue weighted by Crippen LogP contribution is 2.19. The fourth-order valence-corrected chi connectivity index (χ4v) is 0.967. The van der Waals surface area contributed by atoms with Gasteiger partial charge in [0.25, 0.3) is 0 Å². The van der Waals surface area contributed by atoms with Crippen LogP contribution in [0.3, 0.4) is 0 Å². The molecule has 0 aliphatic carbocycles. The van der Waals surface area contributed by atoms with Crippen molar-refractivity contribution in [3.63, 3.8) is 0 Å². The van der Waals surface area contributed by atoms with Crippen LogP contribution in [0.25, 0.3) is 0 Å². The van der Waals surface area contributed by atoms with Gasteiger partial charge in [-0.1, -0.05) is 0 Å². The molecule has 0 bridgehead atoms. The van der Waals surface area contributed by atoms with E-state index in [4.69, 9.17) is 10.2 Å². The van der Waals surface area contributed by atoms with Gasteiger partial charge in [0, 0.05) is 6.42 Å². The van der Waals surface area contributed by atoms with Gasteiger partial charge in [-0.2, -0.15) is 0 Å². The second kappa shape index (κ2) is 2.77. The molecule has 0 aromatic carbocycles. The monoisotopic (exact) mass is 162 g/mol. The van der Waals surface area contributed by atoms with E-state index in [1.165, 1.54) is 0 Å². The van der Waals surface area contributed by atoms with Crippen LogP contribution in [0.2, 0.25) is 0 Å². The van der Waals surface area contributed by atoms with Crippen LogP contribution in [-0.4, -0.2) is 46.2 Å². The van der Waals surface area contributed by atoms with Crippen molar-refractivity contribution in [1.29, 1.82) is 0 Å². The van der Waals surface area contributed by atoms with Crippen LogP contribution < -0.4 is 0 Å². The van der Waals surface area contributed by atoms with Crippen LogP contribution in [0, 0.1) is 0 Å². The average molecular weight is 162 g/mol. The van der Waals surface area contributed by atoms with E-state index in [1.54, 1.807) is 0 Å². The summed E-state index contributed by atoms with van der Waals surface area (Å²) in [4.78, 5) is 10.7. The molecule has 1 aliphatic heterocycles. The number of aliphatic hydroxyl groups excluding tert-OH is 2. The number of cyclic esters (lactones) is 1. The van der Waals surface area contributed by atoms with Gasteiger partial charge < -0.3 is 20.1 Å². The molecule has 1 saturated heterocycles. The molecule has 0 amide bonds. The summed E-state index contributed by atoms with van der Waals surface area (Å²) in [6, 6.07) is 0. The lowest BCUT2D eigenvalue weighted by Gasteiger charge is -2.30. The van der Waals surface area contributed by atoms with Gasteiger partial charge in [-0.05, 0) is 0 Å². The van der Waals surface area contributed by atoms with Crippen molar-refractivity contribution in [3.8, 4) is 0 Å². The Morgan fingerprint density at radius 2 is 2.36 bits per heavy atom. The molecular weight excluding hydrogens is 152 g/mol. The van der Waals surface area contributed by atoms with E-state index in [2.05, 4.69) is 4.74 Å². The summed E-state index contributed by atoms with van der Waals surface area (Å²) < 4.78 is 4.40. The van der Waals surface area contributed by atoms with Crippen LogP contribution in [0.5, 0.6) is 0 Å². The molecule has 11 heavy (non-hydrogen) atoms. The molecule has 0 spiro atoms. The second-order valence-corrected chi connectivity index (χ2v) is 2.65. The zero-order chi connectivity index (χ0) is 8.48. The molecule has 64 valence electrons. The lowest BCUT2D eigenvalue weighted by Crippen LogP contribution is -2.51. The van der Waals surface area contributed by atoms with E-state index < -0.39 is 24.3 Å². The van der Waals surface area contributed by atoms with Crippen molar-refractivity contribution in [2.45, 2.75) is 18.1 Å². The molecule has 2 unspecified atom stereocenters. The first-order valence-corrected chi connectivity index (χ1v) is 3.27. The highest BCUT2D eigenvalue weighted by atomic mass is 16.6. The number of esters is 1. The van der Waals surface area contributed by atoms with Gasteiger partial charge in [-0.15, -0.1) is 0 Å². The summed E-state index contributed by atoms with van der Waals surface area (Å²) in [6.45, 7) is -0.829. The summed E-state index contributed by atoms with van der Waals surface area (Å²) in [6.07, 6.45) is -1.05. The molecule has 0 radical (unpaired) electrons. The molecule has 1 aliphatic rings. The Kier molecular flexibility index (Phi) is 2.12. The summed E-state index contributed by atoms with van der Waals surface area (Å²) in [5, 5.41) is 26.8. The summed E-state index contributed by atoms with van der Waals surface area (Å²) >= 11 is 0. The fourth-order valence-electron chi connectivity index (χ4n) is 0.967. The van der Waals surface area contributed by atoms with E-state index in [-0.39, 0.29) is 13.0 Å².